The average molecular weight is 393 g/mol. The number of nitrogens with zero attached hydrogens (tertiary/aromatic N) is 5. The second-order valence-electron chi connectivity index (χ2n) is 6.40. The first-order valence-electron chi connectivity index (χ1n) is 8.77. The maximum atomic E-state index is 12.4. The van der Waals surface area contributed by atoms with E-state index in [0.29, 0.717) is 35.7 Å². The second-order valence-corrected chi connectivity index (χ2v) is 7.33. The van der Waals surface area contributed by atoms with Gasteiger partial charge in [0, 0.05) is 19.3 Å². The van der Waals surface area contributed by atoms with E-state index >= 15 is 0 Å². The summed E-state index contributed by atoms with van der Waals surface area (Å²) in [6.07, 6.45) is 1.68. The van der Waals surface area contributed by atoms with Gasteiger partial charge >= 0.3 is 0 Å². The molecule has 0 radical (unpaired) electrons. The van der Waals surface area contributed by atoms with Crippen molar-refractivity contribution in [2.24, 2.45) is 0 Å². The molecule has 0 unspecified atom stereocenters. The fraction of sp³-hybridized carbons (Fsp3) is 0.211. The Morgan fingerprint density at radius 1 is 1.14 bits per heavy atom. The lowest BCUT2D eigenvalue weighted by Gasteiger charge is -2.36. The molecule has 140 valence electrons. The van der Waals surface area contributed by atoms with Crippen LogP contribution in [0.3, 0.4) is 0 Å². The molecule has 1 amide bonds. The second kappa shape index (κ2) is 7.08. The van der Waals surface area contributed by atoms with Gasteiger partial charge in [-0.3, -0.25) is 9.78 Å². The summed E-state index contributed by atoms with van der Waals surface area (Å²) in [5.74, 6) is 1.38. The van der Waals surface area contributed by atoms with Gasteiger partial charge in [-0.1, -0.05) is 35.1 Å². The number of likely N-dealkylation sites (tertiary alicyclic amines) is 1. The lowest BCUT2D eigenvalue weighted by Crippen LogP contribution is -2.49. The van der Waals surface area contributed by atoms with Gasteiger partial charge < -0.3 is 13.8 Å². The summed E-state index contributed by atoms with van der Waals surface area (Å²) in [6.45, 7) is 1.13. The van der Waals surface area contributed by atoms with E-state index in [-0.39, 0.29) is 17.6 Å². The zero-order chi connectivity index (χ0) is 18.9. The summed E-state index contributed by atoms with van der Waals surface area (Å²) in [7, 11) is 0. The maximum Gasteiger partial charge on any atom is 0.257 e. The van der Waals surface area contributed by atoms with Crippen molar-refractivity contribution in [3.8, 4) is 11.5 Å². The third kappa shape index (κ3) is 3.24. The van der Waals surface area contributed by atoms with E-state index < -0.39 is 0 Å². The van der Waals surface area contributed by atoms with E-state index in [2.05, 4.69) is 20.1 Å². The van der Waals surface area contributed by atoms with Crippen LogP contribution < -0.4 is 0 Å². The Bertz CT molecular complexity index is 1090. The van der Waals surface area contributed by atoms with Crippen LogP contribution in [0.25, 0.3) is 22.6 Å². The predicted octanol–water partition coefficient (Wildman–Crippen LogP) is 2.99. The van der Waals surface area contributed by atoms with Gasteiger partial charge in [-0.05, 0) is 24.3 Å². The minimum Gasteiger partial charge on any atom is -0.431 e. The predicted molar refractivity (Wildman–Crippen MR) is 102 cm³/mol. The van der Waals surface area contributed by atoms with Crippen molar-refractivity contribution >= 4 is 28.8 Å². The maximum absolute atomic E-state index is 12.4. The topological polar surface area (TPSA) is 98.2 Å². The van der Waals surface area contributed by atoms with Crippen LogP contribution in [0.2, 0.25) is 0 Å². The molecule has 1 aliphatic rings. The summed E-state index contributed by atoms with van der Waals surface area (Å²) in [6, 6.07) is 13.1. The Morgan fingerprint density at radius 3 is 2.82 bits per heavy atom. The molecule has 0 spiro atoms. The van der Waals surface area contributed by atoms with Gasteiger partial charge in [0.1, 0.15) is 11.2 Å². The number of rotatable bonds is 5. The number of carbonyl (C=O) groups is 1. The van der Waals surface area contributed by atoms with Gasteiger partial charge in [0.05, 0.1) is 11.7 Å². The van der Waals surface area contributed by atoms with Gasteiger partial charge in [-0.25, -0.2) is 4.98 Å². The molecule has 28 heavy (non-hydrogen) atoms. The van der Waals surface area contributed by atoms with Crippen LogP contribution in [0.1, 0.15) is 11.8 Å². The molecular formula is C19H15N5O3S. The standard InChI is InChI=1S/C19H15N5O3S/c25-16(11-28-19-21-13-5-1-2-7-15(13)26-19)24-9-12(10-24)18-22-17(23-27-18)14-6-3-4-8-20-14/h1-8,12H,9-11H2. The van der Waals surface area contributed by atoms with Crippen molar-refractivity contribution in [2.45, 2.75) is 11.1 Å². The molecule has 0 bridgehead atoms. The molecule has 1 fully saturated rings. The molecule has 0 atom stereocenters. The summed E-state index contributed by atoms with van der Waals surface area (Å²) >= 11 is 1.30. The van der Waals surface area contributed by atoms with Crippen molar-refractivity contribution in [1.82, 2.24) is 25.0 Å². The number of para-hydroxylation sites is 2. The number of thioether (sulfide) groups is 1. The Labute approximate surface area is 164 Å². The molecule has 1 aromatic carbocycles. The monoisotopic (exact) mass is 393 g/mol. The largest absolute Gasteiger partial charge is 0.431 e. The number of benzene rings is 1. The van der Waals surface area contributed by atoms with Crippen LogP contribution in [0.5, 0.6) is 0 Å². The highest BCUT2D eigenvalue weighted by atomic mass is 32.2. The Balaban J connectivity index is 1.15. The summed E-state index contributed by atoms with van der Waals surface area (Å²) in [5, 5.41) is 4.48. The quantitative estimate of drug-likeness (QED) is 0.477. The molecule has 4 heterocycles. The molecule has 1 aliphatic heterocycles. The summed E-state index contributed by atoms with van der Waals surface area (Å²) in [4.78, 5) is 27.1. The molecule has 8 nitrogen and oxygen atoms in total. The van der Waals surface area contributed by atoms with E-state index in [4.69, 9.17) is 8.94 Å². The Kier molecular flexibility index (Phi) is 4.28. The third-order valence-corrected chi connectivity index (χ3v) is 5.33. The first-order valence-corrected chi connectivity index (χ1v) is 9.76. The van der Waals surface area contributed by atoms with Gasteiger partial charge in [0.25, 0.3) is 5.22 Å². The number of amides is 1. The number of hydrogen-bond donors (Lipinski definition) is 0. The fourth-order valence-corrected chi connectivity index (χ4v) is 3.71. The highest BCUT2D eigenvalue weighted by molar-refractivity contribution is 7.99. The number of aromatic nitrogens is 4. The number of carbonyl (C=O) groups excluding carboxylic acids is 1. The van der Waals surface area contributed by atoms with Gasteiger partial charge in [0.15, 0.2) is 5.58 Å². The SMILES string of the molecule is O=C(CSc1nc2ccccc2o1)N1CC(c2nc(-c3ccccn3)no2)C1. The van der Waals surface area contributed by atoms with Gasteiger partial charge in [0.2, 0.25) is 17.6 Å². The van der Waals surface area contributed by atoms with E-state index in [1.165, 1.54) is 11.8 Å². The highest BCUT2D eigenvalue weighted by Crippen LogP contribution is 2.29. The van der Waals surface area contributed by atoms with Crippen LogP contribution >= 0.6 is 11.8 Å². The number of pyridine rings is 1. The molecule has 0 aliphatic carbocycles. The molecule has 9 heteroatoms. The lowest BCUT2D eigenvalue weighted by atomic mass is 10.0. The smallest absolute Gasteiger partial charge is 0.257 e. The van der Waals surface area contributed by atoms with Crippen LogP contribution in [0.4, 0.5) is 0 Å². The van der Waals surface area contributed by atoms with E-state index in [0.717, 1.165) is 11.1 Å². The van der Waals surface area contributed by atoms with E-state index in [9.17, 15) is 4.79 Å². The minimum atomic E-state index is 0.0352. The van der Waals surface area contributed by atoms with Gasteiger partial charge in [-0.2, -0.15) is 4.98 Å². The fourth-order valence-electron chi connectivity index (χ4n) is 2.97. The van der Waals surface area contributed by atoms with Crippen molar-refractivity contribution in [3.05, 3.63) is 54.6 Å². The van der Waals surface area contributed by atoms with Crippen LogP contribution in [-0.4, -0.2) is 49.8 Å². The minimum absolute atomic E-state index is 0.0352. The molecule has 4 aromatic rings. The summed E-state index contributed by atoms with van der Waals surface area (Å²) in [5.41, 5.74) is 2.18. The zero-order valence-corrected chi connectivity index (χ0v) is 15.5. The number of oxazole rings is 1. The van der Waals surface area contributed by atoms with Crippen molar-refractivity contribution in [3.63, 3.8) is 0 Å². The number of fused-ring (bicyclic) bond motifs is 1. The highest BCUT2D eigenvalue weighted by Gasteiger charge is 2.35. The van der Waals surface area contributed by atoms with Crippen LogP contribution in [0.15, 0.2) is 62.8 Å². The zero-order valence-electron chi connectivity index (χ0n) is 14.7. The summed E-state index contributed by atoms with van der Waals surface area (Å²) < 4.78 is 11.0. The van der Waals surface area contributed by atoms with Crippen LogP contribution in [0, 0.1) is 0 Å². The molecule has 1 saturated heterocycles. The van der Waals surface area contributed by atoms with Crippen LogP contribution in [-0.2, 0) is 4.79 Å². The Hall–Kier alpha value is -3.20. The van der Waals surface area contributed by atoms with Crippen molar-refractivity contribution in [2.75, 3.05) is 18.8 Å². The first kappa shape index (κ1) is 16.9. The average Bonchev–Trinajstić information content (AvgIpc) is 3.33. The molecular weight excluding hydrogens is 378 g/mol. The van der Waals surface area contributed by atoms with E-state index in [1.54, 1.807) is 11.1 Å². The molecule has 3 aromatic heterocycles. The normalized spacial score (nSPS) is 14.4. The third-order valence-electron chi connectivity index (χ3n) is 4.51. The van der Waals surface area contributed by atoms with Crippen molar-refractivity contribution in [1.29, 1.82) is 0 Å². The number of hydrogen-bond acceptors (Lipinski definition) is 8. The van der Waals surface area contributed by atoms with Gasteiger partial charge in [-0.15, -0.1) is 0 Å². The molecule has 5 rings (SSSR count). The first-order chi connectivity index (χ1) is 13.8. The lowest BCUT2D eigenvalue weighted by molar-refractivity contribution is -0.133. The molecule has 0 N–H and O–H groups in total. The Morgan fingerprint density at radius 2 is 2.00 bits per heavy atom. The molecule has 0 saturated carbocycles. The van der Waals surface area contributed by atoms with E-state index in [1.807, 2.05) is 42.5 Å². The van der Waals surface area contributed by atoms with Crippen molar-refractivity contribution < 1.29 is 13.7 Å².